The number of hydrogen-bond donors (Lipinski definition) is 1. The predicted molar refractivity (Wildman–Crippen MR) is 86.4 cm³/mol. The Bertz CT molecular complexity index is 553. The Morgan fingerprint density at radius 2 is 1.95 bits per heavy atom. The summed E-state index contributed by atoms with van der Waals surface area (Å²) >= 11 is 1.60. The molecule has 0 fully saturated rings. The number of benzene rings is 1. The number of amides is 1. The largest absolute Gasteiger partial charge is 0.396 e. The fourth-order valence-electron chi connectivity index (χ4n) is 2.50. The highest BCUT2D eigenvalue weighted by atomic mass is 32.1. The number of carbonyl (C=O) groups excluding carboxylic acids is 1. The van der Waals surface area contributed by atoms with E-state index in [2.05, 4.69) is 0 Å². The minimum Gasteiger partial charge on any atom is -0.396 e. The van der Waals surface area contributed by atoms with Gasteiger partial charge in [-0.2, -0.15) is 11.3 Å². The van der Waals surface area contributed by atoms with Crippen molar-refractivity contribution in [3.8, 4) is 0 Å². The number of thiophene rings is 1. The zero-order chi connectivity index (χ0) is 15.2. The van der Waals surface area contributed by atoms with Gasteiger partial charge in [-0.15, -0.1) is 0 Å². The van der Waals surface area contributed by atoms with E-state index in [1.807, 2.05) is 61.1 Å². The van der Waals surface area contributed by atoms with Gasteiger partial charge in [-0.05, 0) is 41.3 Å². The van der Waals surface area contributed by atoms with Gasteiger partial charge in [0, 0.05) is 13.7 Å². The van der Waals surface area contributed by atoms with E-state index in [1.54, 1.807) is 16.2 Å². The first-order valence-electron chi connectivity index (χ1n) is 7.09. The number of aliphatic hydroxyl groups excluding tert-OH is 1. The number of nitrogens with zero attached hydrogens (tertiary/aromatic N) is 1. The summed E-state index contributed by atoms with van der Waals surface area (Å²) in [4.78, 5) is 14.4. The lowest BCUT2D eigenvalue weighted by Gasteiger charge is -2.30. The van der Waals surface area contributed by atoms with Crippen molar-refractivity contribution in [2.24, 2.45) is 0 Å². The van der Waals surface area contributed by atoms with Gasteiger partial charge in [-0.3, -0.25) is 4.79 Å². The molecule has 2 aromatic rings. The highest BCUT2D eigenvalue weighted by molar-refractivity contribution is 7.08. The summed E-state index contributed by atoms with van der Waals surface area (Å²) in [6.45, 7) is 1.99. The highest BCUT2D eigenvalue weighted by Crippen LogP contribution is 2.27. The van der Waals surface area contributed by atoms with Crippen molar-refractivity contribution in [2.45, 2.75) is 25.3 Å². The Morgan fingerprint density at radius 1 is 1.24 bits per heavy atom. The van der Waals surface area contributed by atoms with E-state index in [0.717, 1.165) is 11.1 Å². The molecule has 2 unspecified atom stereocenters. The van der Waals surface area contributed by atoms with Gasteiger partial charge in [-0.1, -0.05) is 30.3 Å². The summed E-state index contributed by atoms with van der Waals surface area (Å²) < 4.78 is 0. The molecule has 4 heteroatoms. The molecule has 3 nitrogen and oxygen atoms in total. The lowest BCUT2D eigenvalue weighted by atomic mass is 9.98. The molecule has 21 heavy (non-hydrogen) atoms. The number of aliphatic hydroxyl groups is 1. The van der Waals surface area contributed by atoms with Crippen LogP contribution >= 0.6 is 11.3 Å². The third kappa shape index (κ3) is 3.71. The fourth-order valence-corrected chi connectivity index (χ4v) is 3.26. The van der Waals surface area contributed by atoms with Crippen molar-refractivity contribution in [1.82, 2.24) is 4.90 Å². The van der Waals surface area contributed by atoms with Crippen molar-refractivity contribution in [3.63, 3.8) is 0 Å². The van der Waals surface area contributed by atoms with E-state index in [0.29, 0.717) is 6.42 Å². The van der Waals surface area contributed by atoms with Gasteiger partial charge in [0.05, 0.1) is 12.0 Å². The molecule has 112 valence electrons. The predicted octanol–water partition coefficient (Wildman–Crippen LogP) is 3.43. The molecule has 0 spiro atoms. The van der Waals surface area contributed by atoms with Crippen LogP contribution in [0.1, 0.15) is 36.4 Å². The van der Waals surface area contributed by atoms with E-state index >= 15 is 0 Å². The smallest absolute Gasteiger partial charge is 0.230 e. The summed E-state index contributed by atoms with van der Waals surface area (Å²) in [5, 5.41) is 13.3. The molecule has 1 N–H and O–H groups in total. The average Bonchev–Trinajstić information content (AvgIpc) is 3.05. The third-order valence-electron chi connectivity index (χ3n) is 3.82. The Labute approximate surface area is 129 Å². The van der Waals surface area contributed by atoms with Crippen LogP contribution in [0, 0.1) is 0 Å². The topological polar surface area (TPSA) is 40.5 Å². The molecule has 0 aliphatic carbocycles. The molecule has 2 atom stereocenters. The molecular formula is C17H21NO2S. The van der Waals surface area contributed by atoms with Crippen LogP contribution in [0.3, 0.4) is 0 Å². The molecule has 0 aliphatic rings. The molecule has 0 radical (unpaired) electrons. The van der Waals surface area contributed by atoms with Crippen LogP contribution in [-0.4, -0.2) is 29.6 Å². The fraction of sp³-hybridized carbons (Fsp3) is 0.353. The monoisotopic (exact) mass is 303 g/mol. The van der Waals surface area contributed by atoms with Crippen LogP contribution in [0.5, 0.6) is 0 Å². The molecule has 1 heterocycles. The quantitative estimate of drug-likeness (QED) is 0.888. The summed E-state index contributed by atoms with van der Waals surface area (Å²) in [6, 6.07) is 11.8. The number of rotatable bonds is 6. The third-order valence-corrected chi connectivity index (χ3v) is 4.52. The van der Waals surface area contributed by atoms with Crippen LogP contribution in [0.2, 0.25) is 0 Å². The molecule has 0 aliphatic heterocycles. The van der Waals surface area contributed by atoms with Crippen molar-refractivity contribution in [1.29, 1.82) is 0 Å². The van der Waals surface area contributed by atoms with Crippen LogP contribution in [0.4, 0.5) is 0 Å². The van der Waals surface area contributed by atoms with Crippen LogP contribution in [0.15, 0.2) is 47.2 Å². The maximum absolute atomic E-state index is 12.7. The Morgan fingerprint density at radius 3 is 2.52 bits per heavy atom. The lowest BCUT2D eigenvalue weighted by Crippen LogP contribution is -2.34. The van der Waals surface area contributed by atoms with Gasteiger partial charge in [-0.25, -0.2) is 0 Å². The molecule has 1 aromatic carbocycles. The number of hydrogen-bond acceptors (Lipinski definition) is 3. The van der Waals surface area contributed by atoms with Crippen LogP contribution in [-0.2, 0) is 4.79 Å². The first-order valence-corrected chi connectivity index (χ1v) is 8.04. The molecule has 1 amide bonds. The summed E-state index contributed by atoms with van der Waals surface area (Å²) in [5.74, 6) is -0.0816. The maximum Gasteiger partial charge on any atom is 0.230 e. The summed E-state index contributed by atoms with van der Waals surface area (Å²) in [7, 11) is 1.82. The van der Waals surface area contributed by atoms with E-state index in [4.69, 9.17) is 0 Å². The zero-order valence-corrected chi connectivity index (χ0v) is 13.2. The van der Waals surface area contributed by atoms with E-state index < -0.39 is 0 Å². The van der Waals surface area contributed by atoms with Gasteiger partial charge < -0.3 is 10.0 Å². The summed E-state index contributed by atoms with van der Waals surface area (Å²) in [5.41, 5.74) is 2.10. The van der Waals surface area contributed by atoms with E-state index in [9.17, 15) is 9.90 Å². The minimum atomic E-state index is -0.161. The second-order valence-electron chi connectivity index (χ2n) is 5.17. The molecule has 0 bridgehead atoms. The van der Waals surface area contributed by atoms with Gasteiger partial charge in [0.15, 0.2) is 0 Å². The molecule has 0 saturated carbocycles. The Kier molecular flexibility index (Phi) is 5.53. The average molecular weight is 303 g/mol. The number of likely N-dealkylation sites (N-methyl/N-ethyl adjacent to an activating group) is 1. The second kappa shape index (κ2) is 7.38. The van der Waals surface area contributed by atoms with E-state index in [-0.39, 0.29) is 24.5 Å². The molecule has 0 saturated heterocycles. The molecule has 2 rings (SSSR count). The van der Waals surface area contributed by atoms with E-state index in [1.165, 1.54) is 0 Å². The van der Waals surface area contributed by atoms with Crippen molar-refractivity contribution in [3.05, 3.63) is 58.3 Å². The second-order valence-corrected chi connectivity index (χ2v) is 5.95. The molecular weight excluding hydrogens is 282 g/mol. The number of carbonyl (C=O) groups is 1. The van der Waals surface area contributed by atoms with Crippen molar-refractivity contribution < 1.29 is 9.90 Å². The van der Waals surface area contributed by atoms with Crippen LogP contribution < -0.4 is 0 Å². The van der Waals surface area contributed by atoms with Gasteiger partial charge in [0.1, 0.15) is 0 Å². The first-order chi connectivity index (χ1) is 10.1. The van der Waals surface area contributed by atoms with Gasteiger partial charge in [0.2, 0.25) is 5.91 Å². The highest BCUT2D eigenvalue weighted by Gasteiger charge is 2.26. The maximum atomic E-state index is 12.7. The summed E-state index contributed by atoms with van der Waals surface area (Å²) in [6.07, 6.45) is 0.544. The van der Waals surface area contributed by atoms with Gasteiger partial charge >= 0.3 is 0 Å². The molecule has 1 aromatic heterocycles. The van der Waals surface area contributed by atoms with Gasteiger partial charge in [0.25, 0.3) is 0 Å². The standard InChI is InChI=1S/C17H21NO2S/c1-13(15-9-11-21-12-15)17(20)18(2)16(8-10-19)14-6-4-3-5-7-14/h3-7,9,11-13,16,19H,8,10H2,1-2H3. The SMILES string of the molecule is CC(C(=O)N(C)C(CCO)c1ccccc1)c1ccsc1. The minimum absolute atomic E-state index is 0.0595. The Hall–Kier alpha value is -1.65. The van der Waals surface area contributed by atoms with Crippen molar-refractivity contribution >= 4 is 17.2 Å². The zero-order valence-electron chi connectivity index (χ0n) is 12.4. The Balaban J connectivity index is 2.18. The van der Waals surface area contributed by atoms with Crippen molar-refractivity contribution in [2.75, 3.05) is 13.7 Å². The normalized spacial score (nSPS) is 13.7. The first kappa shape index (κ1) is 15.7. The van der Waals surface area contributed by atoms with Crippen LogP contribution in [0.25, 0.3) is 0 Å². The lowest BCUT2D eigenvalue weighted by molar-refractivity contribution is -0.133.